The molecule has 7 nitrogen and oxygen atoms in total. The van der Waals surface area contributed by atoms with Crippen LogP contribution in [0.5, 0.6) is 0 Å². The molecule has 0 spiro atoms. The molecule has 1 aromatic rings. The molecule has 3 N–H and O–H groups in total. The third-order valence-corrected chi connectivity index (χ3v) is 2.40. The second-order valence-electron chi connectivity index (χ2n) is 3.48. The number of hydrogen-bond donors (Lipinski definition) is 2. The summed E-state index contributed by atoms with van der Waals surface area (Å²) in [6, 6.07) is 0. The van der Waals surface area contributed by atoms with E-state index in [-0.39, 0.29) is 6.10 Å². The van der Waals surface area contributed by atoms with Crippen molar-refractivity contribution in [3.63, 3.8) is 0 Å². The molecule has 0 aliphatic carbocycles. The Morgan fingerprint density at radius 2 is 2.40 bits per heavy atom. The number of anilines is 1. The standard InChI is InChI=1S/C8H12N4O3/c1-12-8(9)10-6(11-12)4-2-3-5(15-4)7(13)14/h4-5H,2-3H2,1H3,(H,13,14)(H2,9,10,11). The van der Waals surface area contributed by atoms with E-state index in [1.54, 1.807) is 7.05 Å². The fourth-order valence-corrected chi connectivity index (χ4v) is 1.56. The van der Waals surface area contributed by atoms with Gasteiger partial charge in [-0.15, -0.1) is 0 Å². The lowest BCUT2D eigenvalue weighted by molar-refractivity contribution is -0.149. The molecule has 2 heterocycles. The van der Waals surface area contributed by atoms with Gasteiger partial charge in [-0.1, -0.05) is 0 Å². The van der Waals surface area contributed by atoms with Crippen LogP contribution in [0.3, 0.4) is 0 Å². The minimum Gasteiger partial charge on any atom is -0.479 e. The highest BCUT2D eigenvalue weighted by Crippen LogP contribution is 2.31. The molecule has 1 aromatic heterocycles. The molecule has 0 aromatic carbocycles. The third kappa shape index (κ3) is 1.78. The Bertz CT molecular complexity index is 370. The van der Waals surface area contributed by atoms with Gasteiger partial charge in [0.15, 0.2) is 11.9 Å². The molecule has 1 aliphatic heterocycles. The van der Waals surface area contributed by atoms with E-state index < -0.39 is 12.1 Å². The fourth-order valence-electron chi connectivity index (χ4n) is 1.56. The molecule has 2 rings (SSSR count). The van der Waals surface area contributed by atoms with Gasteiger partial charge in [0.25, 0.3) is 0 Å². The minimum atomic E-state index is -0.943. The Morgan fingerprint density at radius 3 is 2.87 bits per heavy atom. The fraction of sp³-hybridized carbons (Fsp3) is 0.625. The molecule has 7 heteroatoms. The van der Waals surface area contributed by atoms with Crippen LogP contribution >= 0.6 is 0 Å². The zero-order chi connectivity index (χ0) is 11.0. The summed E-state index contributed by atoms with van der Waals surface area (Å²) < 4.78 is 6.72. The number of carboxylic acids is 1. The number of aliphatic carboxylic acids is 1. The lowest BCUT2D eigenvalue weighted by Crippen LogP contribution is -2.18. The molecule has 15 heavy (non-hydrogen) atoms. The SMILES string of the molecule is Cn1nc(C2CCC(C(=O)O)O2)nc1N. The minimum absolute atomic E-state index is 0.298. The Balaban J connectivity index is 2.11. The maximum absolute atomic E-state index is 10.7. The van der Waals surface area contributed by atoms with Crippen LogP contribution in [0, 0.1) is 0 Å². The molecular weight excluding hydrogens is 200 g/mol. The van der Waals surface area contributed by atoms with E-state index in [2.05, 4.69) is 10.1 Å². The number of nitrogens with two attached hydrogens (primary N) is 1. The van der Waals surface area contributed by atoms with Crippen LogP contribution in [-0.4, -0.2) is 31.9 Å². The van der Waals surface area contributed by atoms with Crippen LogP contribution in [0.2, 0.25) is 0 Å². The summed E-state index contributed by atoms with van der Waals surface area (Å²) in [6.07, 6.45) is -0.00638. The van der Waals surface area contributed by atoms with Gasteiger partial charge in [0.2, 0.25) is 5.95 Å². The van der Waals surface area contributed by atoms with Gasteiger partial charge in [-0.3, -0.25) is 0 Å². The van der Waals surface area contributed by atoms with Crippen molar-refractivity contribution in [3.8, 4) is 0 Å². The first-order chi connectivity index (χ1) is 7.08. The van der Waals surface area contributed by atoms with Gasteiger partial charge in [-0.2, -0.15) is 10.1 Å². The Morgan fingerprint density at radius 1 is 1.67 bits per heavy atom. The lowest BCUT2D eigenvalue weighted by Gasteiger charge is -2.06. The molecule has 1 saturated heterocycles. The molecule has 0 bridgehead atoms. The average molecular weight is 212 g/mol. The summed E-state index contributed by atoms with van der Waals surface area (Å²) in [6.45, 7) is 0. The number of carbonyl (C=O) groups is 1. The van der Waals surface area contributed by atoms with Crippen molar-refractivity contribution in [1.82, 2.24) is 14.8 Å². The zero-order valence-electron chi connectivity index (χ0n) is 8.25. The van der Waals surface area contributed by atoms with Crippen molar-refractivity contribution in [2.24, 2.45) is 7.05 Å². The predicted molar refractivity (Wildman–Crippen MR) is 49.9 cm³/mol. The van der Waals surface area contributed by atoms with Gasteiger partial charge in [0.05, 0.1) is 0 Å². The highest BCUT2D eigenvalue weighted by molar-refractivity contribution is 5.72. The van der Waals surface area contributed by atoms with E-state index in [1.807, 2.05) is 0 Å². The van der Waals surface area contributed by atoms with Crippen molar-refractivity contribution in [2.45, 2.75) is 25.0 Å². The number of aryl methyl sites for hydroxylation is 1. The number of aromatic nitrogens is 3. The predicted octanol–water partition coefficient (Wildman–Crippen LogP) is -0.298. The molecule has 0 radical (unpaired) electrons. The number of nitrogens with zero attached hydrogens (tertiary/aromatic N) is 3. The van der Waals surface area contributed by atoms with E-state index in [9.17, 15) is 4.79 Å². The Labute approximate surface area is 85.9 Å². The molecule has 82 valence electrons. The highest BCUT2D eigenvalue weighted by Gasteiger charge is 2.33. The summed E-state index contributed by atoms with van der Waals surface area (Å²) in [5, 5.41) is 12.8. The van der Waals surface area contributed by atoms with Gasteiger partial charge < -0.3 is 15.6 Å². The molecular formula is C8H12N4O3. The van der Waals surface area contributed by atoms with E-state index in [0.717, 1.165) is 0 Å². The van der Waals surface area contributed by atoms with Gasteiger partial charge in [-0.25, -0.2) is 9.48 Å². The molecule has 0 saturated carbocycles. The maximum atomic E-state index is 10.7. The van der Waals surface area contributed by atoms with Crippen LogP contribution in [0.4, 0.5) is 5.95 Å². The van der Waals surface area contributed by atoms with Crippen molar-refractivity contribution in [2.75, 3.05) is 5.73 Å². The summed E-state index contributed by atoms with van der Waals surface area (Å²) in [5.74, 6) is -0.187. The van der Waals surface area contributed by atoms with Crippen molar-refractivity contribution in [3.05, 3.63) is 5.82 Å². The van der Waals surface area contributed by atoms with Gasteiger partial charge in [0, 0.05) is 7.05 Å². The van der Waals surface area contributed by atoms with Crippen LogP contribution < -0.4 is 5.73 Å². The summed E-state index contributed by atoms with van der Waals surface area (Å²) in [4.78, 5) is 14.7. The molecule has 2 atom stereocenters. The molecule has 0 amide bonds. The second kappa shape index (κ2) is 3.50. The molecule has 1 aliphatic rings. The number of hydrogen-bond acceptors (Lipinski definition) is 5. The van der Waals surface area contributed by atoms with E-state index in [4.69, 9.17) is 15.6 Å². The Hall–Kier alpha value is -1.63. The quantitative estimate of drug-likeness (QED) is 0.697. The van der Waals surface area contributed by atoms with Crippen LogP contribution in [0.15, 0.2) is 0 Å². The van der Waals surface area contributed by atoms with Gasteiger partial charge >= 0.3 is 5.97 Å². The molecule has 1 fully saturated rings. The van der Waals surface area contributed by atoms with Crippen LogP contribution in [0.1, 0.15) is 24.8 Å². The first-order valence-corrected chi connectivity index (χ1v) is 4.62. The van der Waals surface area contributed by atoms with Gasteiger partial charge in [-0.05, 0) is 12.8 Å². The van der Waals surface area contributed by atoms with E-state index in [1.165, 1.54) is 4.68 Å². The number of carboxylic acid groups (broad SMARTS) is 1. The first kappa shape index (κ1) is 9.91. The van der Waals surface area contributed by atoms with Crippen molar-refractivity contribution < 1.29 is 14.6 Å². The summed E-state index contributed by atoms with van der Waals surface area (Å²) in [7, 11) is 1.68. The normalized spacial score (nSPS) is 25.7. The average Bonchev–Trinajstić information content (AvgIpc) is 2.74. The van der Waals surface area contributed by atoms with Crippen molar-refractivity contribution >= 4 is 11.9 Å². The topological polar surface area (TPSA) is 103 Å². The lowest BCUT2D eigenvalue weighted by atomic mass is 10.2. The van der Waals surface area contributed by atoms with E-state index >= 15 is 0 Å². The number of ether oxygens (including phenoxy) is 1. The first-order valence-electron chi connectivity index (χ1n) is 4.62. The number of rotatable bonds is 2. The van der Waals surface area contributed by atoms with E-state index in [0.29, 0.717) is 24.6 Å². The third-order valence-electron chi connectivity index (χ3n) is 2.40. The Kier molecular flexibility index (Phi) is 2.31. The summed E-state index contributed by atoms with van der Waals surface area (Å²) in [5.41, 5.74) is 5.52. The van der Waals surface area contributed by atoms with Crippen LogP contribution in [-0.2, 0) is 16.6 Å². The van der Waals surface area contributed by atoms with Crippen molar-refractivity contribution in [1.29, 1.82) is 0 Å². The summed E-state index contributed by atoms with van der Waals surface area (Å²) >= 11 is 0. The maximum Gasteiger partial charge on any atom is 0.332 e. The van der Waals surface area contributed by atoms with Gasteiger partial charge in [0.1, 0.15) is 6.10 Å². The highest BCUT2D eigenvalue weighted by atomic mass is 16.5. The van der Waals surface area contributed by atoms with Crippen LogP contribution in [0.25, 0.3) is 0 Å². The monoisotopic (exact) mass is 212 g/mol. The smallest absolute Gasteiger partial charge is 0.332 e. The largest absolute Gasteiger partial charge is 0.479 e. The second-order valence-corrected chi connectivity index (χ2v) is 3.48. The molecule has 2 unspecified atom stereocenters. The zero-order valence-corrected chi connectivity index (χ0v) is 8.25. The number of nitrogen functional groups attached to an aromatic ring is 1.